The van der Waals surface area contributed by atoms with Crippen molar-refractivity contribution in [2.24, 2.45) is 0 Å². The van der Waals surface area contributed by atoms with E-state index in [0.717, 1.165) is 16.8 Å². The van der Waals surface area contributed by atoms with E-state index in [-0.39, 0.29) is 5.91 Å². The van der Waals surface area contributed by atoms with Gasteiger partial charge in [0, 0.05) is 12.5 Å². The molecular formula is C19H18N2O2. The van der Waals surface area contributed by atoms with Crippen LogP contribution in [0.5, 0.6) is 0 Å². The molecule has 116 valence electrons. The molecule has 0 atom stereocenters. The van der Waals surface area contributed by atoms with Gasteiger partial charge in [0.15, 0.2) is 5.89 Å². The minimum Gasteiger partial charge on any atom is -0.444 e. The Morgan fingerprint density at radius 1 is 1.00 bits per heavy atom. The third-order valence-corrected chi connectivity index (χ3v) is 3.66. The molecule has 0 aliphatic carbocycles. The van der Waals surface area contributed by atoms with Gasteiger partial charge in [-0.25, -0.2) is 4.98 Å². The van der Waals surface area contributed by atoms with Gasteiger partial charge in [-0.2, -0.15) is 0 Å². The fourth-order valence-corrected chi connectivity index (χ4v) is 2.44. The van der Waals surface area contributed by atoms with Gasteiger partial charge in [-0.3, -0.25) is 4.79 Å². The zero-order chi connectivity index (χ0) is 16.2. The number of hydrogen-bond acceptors (Lipinski definition) is 3. The molecule has 0 saturated heterocycles. The normalized spacial score (nSPS) is 10.5. The molecule has 3 rings (SSSR count). The highest BCUT2D eigenvalue weighted by Gasteiger charge is 2.10. The van der Waals surface area contributed by atoms with Gasteiger partial charge in [0.2, 0.25) is 0 Å². The van der Waals surface area contributed by atoms with Gasteiger partial charge in [0.05, 0.1) is 12.2 Å². The highest BCUT2D eigenvalue weighted by atomic mass is 16.4. The van der Waals surface area contributed by atoms with E-state index in [1.54, 1.807) is 6.92 Å². The Labute approximate surface area is 135 Å². The molecule has 0 aliphatic rings. The standard InChI is InChI=1S/C19H18N2O2/c1-13-18(23-14(2)21-13)12-20-19(22)17-10-8-16(9-11-17)15-6-4-3-5-7-15/h3-11H,12H2,1-2H3,(H,20,22). The van der Waals surface area contributed by atoms with Crippen molar-refractivity contribution < 1.29 is 9.21 Å². The molecule has 0 aliphatic heterocycles. The summed E-state index contributed by atoms with van der Waals surface area (Å²) in [5.41, 5.74) is 3.65. The van der Waals surface area contributed by atoms with E-state index < -0.39 is 0 Å². The minimum atomic E-state index is -0.127. The van der Waals surface area contributed by atoms with Crippen molar-refractivity contribution >= 4 is 5.91 Å². The van der Waals surface area contributed by atoms with Crippen LogP contribution in [0.25, 0.3) is 11.1 Å². The van der Waals surface area contributed by atoms with E-state index in [1.165, 1.54) is 0 Å². The summed E-state index contributed by atoms with van der Waals surface area (Å²) in [6.07, 6.45) is 0. The molecule has 0 unspecified atom stereocenters. The number of oxazole rings is 1. The lowest BCUT2D eigenvalue weighted by Gasteiger charge is -2.06. The Balaban J connectivity index is 1.67. The zero-order valence-electron chi connectivity index (χ0n) is 13.2. The Kier molecular flexibility index (Phi) is 4.24. The maximum Gasteiger partial charge on any atom is 0.251 e. The monoisotopic (exact) mass is 306 g/mol. The van der Waals surface area contributed by atoms with E-state index in [2.05, 4.69) is 10.3 Å². The number of carbonyl (C=O) groups excluding carboxylic acids is 1. The maximum atomic E-state index is 12.2. The van der Waals surface area contributed by atoms with E-state index in [0.29, 0.717) is 23.8 Å². The second-order valence-electron chi connectivity index (χ2n) is 5.37. The van der Waals surface area contributed by atoms with Crippen LogP contribution in [0.3, 0.4) is 0 Å². The summed E-state index contributed by atoms with van der Waals surface area (Å²) in [6.45, 7) is 4.00. The quantitative estimate of drug-likeness (QED) is 0.795. The lowest BCUT2D eigenvalue weighted by atomic mass is 10.0. The fourth-order valence-electron chi connectivity index (χ4n) is 2.44. The number of rotatable bonds is 4. The van der Waals surface area contributed by atoms with Crippen LogP contribution < -0.4 is 5.32 Å². The number of carbonyl (C=O) groups is 1. The molecule has 3 aromatic rings. The van der Waals surface area contributed by atoms with Crippen molar-refractivity contribution in [1.29, 1.82) is 0 Å². The lowest BCUT2D eigenvalue weighted by Crippen LogP contribution is -2.22. The number of nitrogens with one attached hydrogen (secondary N) is 1. The molecule has 1 heterocycles. The average Bonchev–Trinajstić information content (AvgIpc) is 2.91. The molecule has 1 amide bonds. The van der Waals surface area contributed by atoms with Crippen molar-refractivity contribution in [2.75, 3.05) is 0 Å². The molecule has 0 spiro atoms. The molecule has 0 radical (unpaired) electrons. The Bertz CT molecular complexity index is 805. The summed E-state index contributed by atoms with van der Waals surface area (Å²) in [5, 5.41) is 2.86. The predicted octanol–water partition coefficient (Wildman–Crippen LogP) is 3.89. The van der Waals surface area contributed by atoms with Crippen LogP contribution >= 0.6 is 0 Å². The number of aryl methyl sites for hydroxylation is 2. The number of nitrogens with zero attached hydrogens (tertiary/aromatic N) is 1. The highest BCUT2D eigenvalue weighted by molar-refractivity contribution is 5.94. The van der Waals surface area contributed by atoms with E-state index in [1.807, 2.05) is 61.5 Å². The highest BCUT2D eigenvalue weighted by Crippen LogP contribution is 2.19. The summed E-state index contributed by atoms with van der Waals surface area (Å²) in [7, 11) is 0. The smallest absolute Gasteiger partial charge is 0.251 e. The first-order valence-corrected chi connectivity index (χ1v) is 7.50. The topological polar surface area (TPSA) is 55.1 Å². The van der Waals surface area contributed by atoms with Gasteiger partial charge in [0.25, 0.3) is 5.91 Å². The second kappa shape index (κ2) is 6.48. The Hall–Kier alpha value is -2.88. The van der Waals surface area contributed by atoms with Gasteiger partial charge in [-0.1, -0.05) is 42.5 Å². The Morgan fingerprint density at radius 3 is 2.26 bits per heavy atom. The predicted molar refractivity (Wildman–Crippen MR) is 89.0 cm³/mol. The lowest BCUT2D eigenvalue weighted by molar-refractivity contribution is 0.0948. The first kappa shape index (κ1) is 15.0. The van der Waals surface area contributed by atoms with Gasteiger partial charge < -0.3 is 9.73 Å². The molecule has 1 N–H and O–H groups in total. The molecule has 0 saturated carbocycles. The van der Waals surface area contributed by atoms with Crippen LogP contribution in [0.1, 0.15) is 27.7 Å². The van der Waals surface area contributed by atoms with Crippen LogP contribution in [0.15, 0.2) is 59.0 Å². The van der Waals surface area contributed by atoms with Crippen molar-refractivity contribution in [3.8, 4) is 11.1 Å². The van der Waals surface area contributed by atoms with E-state index >= 15 is 0 Å². The minimum absolute atomic E-state index is 0.127. The molecular weight excluding hydrogens is 288 g/mol. The molecule has 2 aromatic carbocycles. The van der Waals surface area contributed by atoms with E-state index in [4.69, 9.17) is 4.42 Å². The third kappa shape index (κ3) is 3.48. The number of amides is 1. The van der Waals surface area contributed by atoms with Crippen LogP contribution in [-0.2, 0) is 6.54 Å². The molecule has 23 heavy (non-hydrogen) atoms. The number of hydrogen-bond donors (Lipinski definition) is 1. The number of aromatic nitrogens is 1. The zero-order valence-corrected chi connectivity index (χ0v) is 13.2. The van der Waals surface area contributed by atoms with Crippen LogP contribution in [0, 0.1) is 13.8 Å². The van der Waals surface area contributed by atoms with Crippen LogP contribution in [-0.4, -0.2) is 10.9 Å². The first-order valence-electron chi connectivity index (χ1n) is 7.50. The van der Waals surface area contributed by atoms with Gasteiger partial charge >= 0.3 is 0 Å². The summed E-state index contributed by atoms with van der Waals surface area (Å²) >= 11 is 0. The largest absolute Gasteiger partial charge is 0.444 e. The van der Waals surface area contributed by atoms with Gasteiger partial charge in [-0.05, 0) is 30.2 Å². The summed E-state index contributed by atoms with van der Waals surface area (Å²) in [6, 6.07) is 17.6. The van der Waals surface area contributed by atoms with Gasteiger partial charge in [-0.15, -0.1) is 0 Å². The summed E-state index contributed by atoms with van der Waals surface area (Å²) in [4.78, 5) is 16.4. The van der Waals surface area contributed by atoms with Crippen LogP contribution in [0.2, 0.25) is 0 Å². The molecule has 0 bridgehead atoms. The average molecular weight is 306 g/mol. The molecule has 4 heteroatoms. The van der Waals surface area contributed by atoms with Gasteiger partial charge in [0.1, 0.15) is 5.76 Å². The van der Waals surface area contributed by atoms with Crippen molar-refractivity contribution in [2.45, 2.75) is 20.4 Å². The van der Waals surface area contributed by atoms with E-state index in [9.17, 15) is 4.79 Å². The fraction of sp³-hybridized carbons (Fsp3) is 0.158. The van der Waals surface area contributed by atoms with Crippen LogP contribution in [0.4, 0.5) is 0 Å². The SMILES string of the molecule is Cc1nc(C)c(CNC(=O)c2ccc(-c3ccccc3)cc2)o1. The summed E-state index contributed by atoms with van der Waals surface area (Å²) < 4.78 is 5.45. The molecule has 1 aromatic heterocycles. The van der Waals surface area contributed by atoms with Crippen molar-refractivity contribution in [3.63, 3.8) is 0 Å². The molecule has 0 fully saturated rings. The summed E-state index contributed by atoms with van der Waals surface area (Å²) in [5.74, 6) is 1.17. The third-order valence-electron chi connectivity index (χ3n) is 3.66. The first-order chi connectivity index (χ1) is 11.1. The Morgan fingerprint density at radius 2 is 1.65 bits per heavy atom. The number of benzene rings is 2. The molecule has 4 nitrogen and oxygen atoms in total. The second-order valence-corrected chi connectivity index (χ2v) is 5.37. The maximum absolute atomic E-state index is 12.2. The van der Waals surface area contributed by atoms with Crippen molar-refractivity contribution in [3.05, 3.63) is 77.5 Å². The van der Waals surface area contributed by atoms with Crippen molar-refractivity contribution in [1.82, 2.24) is 10.3 Å².